The maximum Gasteiger partial charge on any atom is 0.165 e. The lowest BCUT2D eigenvalue weighted by atomic mass is 10.1. The van der Waals surface area contributed by atoms with Crippen LogP contribution < -0.4 is 5.32 Å². The van der Waals surface area contributed by atoms with E-state index in [4.69, 9.17) is 10.4 Å². The maximum absolute atomic E-state index is 13.1. The second-order valence-corrected chi connectivity index (χ2v) is 4.03. The summed E-state index contributed by atoms with van der Waals surface area (Å²) in [7, 11) is 3.87. The van der Waals surface area contributed by atoms with Gasteiger partial charge in [-0.2, -0.15) is 5.26 Å². The summed E-state index contributed by atoms with van der Waals surface area (Å²) in [5.41, 5.74) is 0.515. The first kappa shape index (κ1) is 13.4. The molecule has 0 amide bonds. The second-order valence-electron chi connectivity index (χ2n) is 4.03. The first-order chi connectivity index (χ1) is 8.04. The number of rotatable bonds is 5. The van der Waals surface area contributed by atoms with Gasteiger partial charge in [0, 0.05) is 13.1 Å². The van der Waals surface area contributed by atoms with E-state index < -0.39 is 17.6 Å². The van der Waals surface area contributed by atoms with Crippen molar-refractivity contribution >= 4 is 0 Å². The molecular formula is C12H16FN3O. The summed E-state index contributed by atoms with van der Waals surface area (Å²) in [4.78, 5) is 1.98. The number of likely N-dealkylation sites (N-methyl/N-ethyl adjacent to an activating group) is 1. The molecule has 4 nitrogen and oxygen atoms in total. The normalized spacial score (nSPS) is 12.4. The molecule has 5 heteroatoms. The number of nitriles is 1. The van der Waals surface area contributed by atoms with Gasteiger partial charge in [-0.3, -0.25) is 5.32 Å². The lowest BCUT2D eigenvalue weighted by molar-refractivity contribution is 0.394. The van der Waals surface area contributed by atoms with Crippen LogP contribution in [-0.2, 0) is 0 Å². The SMILES string of the molecule is CN(C)CCNC(C#N)c1ccc(O)c(F)c1. The van der Waals surface area contributed by atoms with E-state index in [2.05, 4.69) is 11.4 Å². The molecule has 0 heterocycles. The molecular weight excluding hydrogens is 221 g/mol. The van der Waals surface area contributed by atoms with Gasteiger partial charge in [0.05, 0.1) is 6.07 Å². The van der Waals surface area contributed by atoms with Crippen molar-refractivity contribution in [3.8, 4) is 11.8 Å². The Morgan fingerprint density at radius 2 is 2.24 bits per heavy atom. The lowest BCUT2D eigenvalue weighted by Gasteiger charge is -2.14. The number of phenolic OH excluding ortho intramolecular Hbond substituents is 1. The molecule has 1 atom stereocenters. The summed E-state index contributed by atoms with van der Waals surface area (Å²) in [6.45, 7) is 1.42. The Balaban J connectivity index is 2.67. The standard InChI is InChI=1S/C12H16FN3O/c1-16(2)6-5-15-11(8-14)9-3-4-12(17)10(13)7-9/h3-4,7,11,15,17H,5-6H2,1-2H3. The van der Waals surface area contributed by atoms with Crippen LogP contribution in [-0.4, -0.2) is 37.2 Å². The quantitative estimate of drug-likeness (QED) is 0.809. The third kappa shape index (κ3) is 4.02. The topological polar surface area (TPSA) is 59.3 Å². The first-order valence-electron chi connectivity index (χ1n) is 5.30. The van der Waals surface area contributed by atoms with E-state index in [1.807, 2.05) is 19.0 Å². The molecule has 0 saturated heterocycles. The fraction of sp³-hybridized carbons (Fsp3) is 0.417. The van der Waals surface area contributed by atoms with E-state index in [1.54, 1.807) is 0 Å². The fourth-order valence-corrected chi connectivity index (χ4v) is 1.37. The minimum Gasteiger partial charge on any atom is -0.505 e. The van der Waals surface area contributed by atoms with Crippen molar-refractivity contribution in [2.75, 3.05) is 27.2 Å². The summed E-state index contributed by atoms with van der Waals surface area (Å²) in [6, 6.07) is 5.46. The van der Waals surface area contributed by atoms with Gasteiger partial charge < -0.3 is 10.0 Å². The molecule has 0 aliphatic rings. The molecule has 0 bridgehead atoms. The number of halogens is 1. The summed E-state index contributed by atoms with van der Waals surface area (Å²) in [6.07, 6.45) is 0. The number of aromatic hydroxyl groups is 1. The van der Waals surface area contributed by atoms with Crippen molar-refractivity contribution in [2.45, 2.75) is 6.04 Å². The van der Waals surface area contributed by atoms with Crippen molar-refractivity contribution < 1.29 is 9.50 Å². The van der Waals surface area contributed by atoms with Gasteiger partial charge in [0.2, 0.25) is 0 Å². The Morgan fingerprint density at radius 3 is 2.76 bits per heavy atom. The molecule has 17 heavy (non-hydrogen) atoms. The van der Waals surface area contributed by atoms with E-state index in [0.29, 0.717) is 12.1 Å². The average molecular weight is 237 g/mol. The zero-order valence-corrected chi connectivity index (χ0v) is 9.94. The van der Waals surface area contributed by atoms with Crippen molar-refractivity contribution in [3.05, 3.63) is 29.6 Å². The number of nitrogens with one attached hydrogen (secondary N) is 1. The number of phenols is 1. The fourth-order valence-electron chi connectivity index (χ4n) is 1.37. The highest BCUT2D eigenvalue weighted by Gasteiger charge is 2.11. The summed E-state index contributed by atoms with van der Waals surface area (Å²) in [5, 5.41) is 21.1. The van der Waals surface area contributed by atoms with Gasteiger partial charge in [-0.25, -0.2) is 4.39 Å². The molecule has 1 aromatic carbocycles. The minimum atomic E-state index is -0.711. The largest absolute Gasteiger partial charge is 0.505 e. The highest BCUT2D eigenvalue weighted by Crippen LogP contribution is 2.20. The van der Waals surface area contributed by atoms with Crippen molar-refractivity contribution in [2.24, 2.45) is 0 Å². The van der Waals surface area contributed by atoms with Gasteiger partial charge in [-0.15, -0.1) is 0 Å². The molecule has 1 aromatic rings. The van der Waals surface area contributed by atoms with Crippen molar-refractivity contribution in [1.82, 2.24) is 10.2 Å². The van der Waals surface area contributed by atoms with Gasteiger partial charge in [0.25, 0.3) is 0 Å². The van der Waals surface area contributed by atoms with Gasteiger partial charge in [-0.1, -0.05) is 6.07 Å². The van der Waals surface area contributed by atoms with Gasteiger partial charge >= 0.3 is 0 Å². The molecule has 0 radical (unpaired) electrons. The van der Waals surface area contributed by atoms with Crippen LogP contribution >= 0.6 is 0 Å². The molecule has 0 aliphatic heterocycles. The molecule has 0 saturated carbocycles. The Morgan fingerprint density at radius 1 is 1.53 bits per heavy atom. The molecule has 0 fully saturated rings. The van der Waals surface area contributed by atoms with Crippen LogP contribution in [0.25, 0.3) is 0 Å². The molecule has 0 aliphatic carbocycles. The second kappa shape index (κ2) is 6.18. The number of hydrogen-bond acceptors (Lipinski definition) is 4. The smallest absolute Gasteiger partial charge is 0.165 e. The third-order valence-corrected chi connectivity index (χ3v) is 2.34. The molecule has 2 N–H and O–H groups in total. The highest BCUT2D eigenvalue weighted by atomic mass is 19.1. The number of hydrogen-bond donors (Lipinski definition) is 2. The van der Waals surface area contributed by atoms with Crippen LogP contribution in [0.15, 0.2) is 18.2 Å². The zero-order chi connectivity index (χ0) is 12.8. The third-order valence-electron chi connectivity index (χ3n) is 2.34. The zero-order valence-electron chi connectivity index (χ0n) is 9.94. The van der Waals surface area contributed by atoms with Crippen molar-refractivity contribution in [1.29, 1.82) is 5.26 Å². The Kier molecular flexibility index (Phi) is 4.88. The predicted molar refractivity (Wildman–Crippen MR) is 63.0 cm³/mol. The predicted octanol–water partition coefficient (Wildman–Crippen LogP) is 1.25. The first-order valence-corrected chi connectivity index (χ1v) is 5.30. The molecule has 92 valence electrons. The Labute approximate surface area is 100 Å². The molecule has 1 rings (SSSR count). The lowest BCUT2D eigenvalue weighted by Crippen LogP contribution is -2.29. The highest BCUT2D eigenvalue weighted by molar-refractivity contribution is 5.32. The van der Waals surface area contributed by atoms with Crippen molar-refractivity contribution in [3.63, 3.8) is 0 Å². The van der Waals surface area contributed by atoms with Gasteiger partial charge in [-0.05, 0) is 31.8 Å². The monoisotopic (exact) mass is 237 g/mol. The van der Waals surface area contributed by atoms with Crippen LogP contribution in [0.3, 0.4) is 0 Å². The Bertz CT molecular complexity index is 415. The van der Waals surface area contributed by atoms with Crippen LogP contribution in [0.2, 0.25) is 0 Å². The van der Waals surface area contributed by atoms with Crippen LogP contribution in [0.4, 0.5) is 4.39 Å². The average Bonchev–Trinajstić information content (AvgIpc) is 2.28. The van der Waals surface area contributed by atoms with E-state index in [-0.39, 0.29) is 0 Å². The molecule has 0 aromatic heterocycles. The van der Waals surface area contributed by atoms with Gasteiger partial charge in [0.15, 0.2) is 11.6 Å². The Hall–Kier alpha value is -1.64. The van der Waals surface area contributed by atoms with E-state index in [9.17, 15) is 4.39 Å². The molecule has 1 unspecified atom stereocenters. The summed E-state index contributed by atoms with van der Waals surface area (Å²) in [5.74, 6) is -1.11. The molecule has 0 spiro atoms. The van der Waals surface area contributed by atoms with E-state index in [1.165, 1.54) is 18.2 Å². The van der Waals surface area contributed by atoms with Gasteiger partial charge in [0.1, 0.15) is 6.04 Å². The van der Waals surface area contributed by atoms with Crippen LogP contribution in [0.5, 0.6) is 5.75 Å². The number of nitrogens with zero attached hydrogens (tertiary/aromatic N) is 2. The minimum absolute atomic E-state index is 0.404. The number of benzene rings is 1. The summed E-state index contributed by atoms with van der Waals surface area (Å²) >= 11 is 0. The van der Waals surface area contributed by atoms with E-state index >= 15 is 0 Å². The van der Waals surface area contributed by atoms with Crippen LogP contribution in [0, 0.1) is 17.1 Å². The van der Waals surface area contributed by atoms with Crippen LogP contribution in [0.1, 0.15) is 11.6 Å². The van der Waals surface area contributed by atoms with E-state index in [0.717, 1.165) is 6.54 Å². The maximum atomic E-state index is 13.1. The summed E-state index contributed by atoms with van der Waals surface area (Å²) < 4.78 is 13.1.